The van der Waals surface area contributed by atoms with Gasteiger partial charge in [-0.3, -0.25) is 4.79 Å². The van der Waals surface area contributed by atoms with Crippen LogP contribution in [-0.2, 0) is 14.3 Å². The molecule has 1 fully saturated rings. The first kappa shape index (κ1) is 14.8. The zero-order valence-corrected chi connectivity index (χ0v) is 10.4. The lowest BCUT2D eigenvalue weighted by molar-refractivity contribution is -0.157. The van der Waals surface area contributed by atoms with Gasteiger partial charge in [0.05, 0.1) is 12.0 Å². The van der Waals surface area contributed by atoms with Crippen molar-refractivity contribution >= 4 is 12.1 Å². The topological polar surface area (TPSA) is 84.9 Å². The van der Waals surface area contributed by atoms with Crippen molar-refractivity contribution < 1.29 is 24.2 Å². The molecule has 6 heteroatoms. The summed E-state index contributed by atoms with van der Waals surface area (Å²) in [6.45, 7) is 2.88. The number of nitrogens with one attached hydrogen (secondary N) is 1. The van der Waals surface area contributed by atoms with Gasteiger partial charge in [0.2, 0.25) is 6.79 Å². The number of ether oxygens (including phenoxy) is 2. The molecule has 1 aliphatic carbocycles. The van der Waals surface area contributed by atoms with Crippen molar-refractivity contribution in [3.8, 4) is 0 Å². The molecular weight excluding hydrogens is 238 g/mol. The molecule has 0 aromatic carbocycles. The lowest BCUT2D eigenvalue weighted by Gasteiger charge is -2.19. The number of aliphatic hydroxyl groups is 1. The van der Waals surface area contributed by atoms with Crippen molar-refractivity contribution in [3.63, 3.8) is 0 Å². The van der Waals surface area contributed by atoms with Crippen molar-refractivity contribution in [1.29, 1.82) is 0 Å². The highest BCUT2D eigenvalue weighted by Gasteiger charge is 2.22. The van der Waals surface area contributed by atoms with E-state index in [0.717, 1.165) is 32.1 Å². The lowest BCUT2D eigenvalue weighted by atomic mass is 9.89. The van der Waals surface area contributed by atoms with Crippen LogP contribution in [0.5, 0.6) is 0 Å². The SMILES string of the molecule is [CH2][C@H](O)CNC(=O)OCOC(=O)C1CCCCC1. The number of rotatable bonds is 5. The Balaban J connectivity index is 2.09. The smallest absolute Gasteiger partial charge is 0.410 e. The monoisotopic (exact) mass is 258 g/mol. The lowest BCUT2D eigenvalue weighted by Crippen LogP contribution is -2.32. The quantitative estimate of drug-likeness (QED) is 0.567. The molecule has 1 radical (unpaired) electrons. The van der Waals surface area contributed by atoms with Gasteiger partial charge in [-0.25, -0.2) is 4.79 Å². The number of carbonyl (C=O) groups excluding carboxylic acids is 2. The number of esters is 1. The van der Waals surface area contributed by atoms with E-state index in [1.807, 2.05) is 0 Å². The van der Waals surface area contributed by atoms with Crippen LogP contribution in [0, 0.1) is 12.8 Å². The number of aliphatic hydroxyl groups excluding tert-OH is 1. The van der Waals surface area contributed by atoms with E-state index in [0.29, 0.717) is 0 Å². The van der Waals surface area contributed by atoms with E-state index in [1.54, 1.807) is 0 Å². The average Bonchev–Trinajstić information content (AvgIpc) is 2.37. The van der Waals surface area contributed by atoms with Crippen LogP contribution in [0.25, 0.3) is 0 Å². The first-order chi connectivity index (χ1) is 8.59. The second kappa shape index (κ2) is 7.92. The van der Waals surface area contributed by atoms with Gasteiger partial charge in [0.15, 0.2) is 0 Å². The van der Waals surface area contributed by atoms with Gasteiger partial charge in [-0.15, -0.1) is 0 Å². The van der Waals surface area contributed by atoms with Crippen LogP contribution >= 0.6 is 0 Å². The number of amides is 1. The number of carbonyl (C=O) groups is 2. The summed E-state index contributed by atoms with van der Waals surface area (Å²) in [5, 5.41) is 11.1. The van der Waals surface area contributed by atoms with Gasteiger partial charge in [-0.1, -0.05) is 19.3 Å². The molecule has 0 aromatic heterocycles. The van der Waals surface area contributed by atoms with Gasteiger partial charge in [0.1, 0.15) is 0 Å². The predicted octanol–water partition coefficient (Wildman–Crippen LogP) is 0.989. The third kappa shape index (κ3) is 5.86. The maximum atomic E-state index is 11.6. The van der Waals surface area contributed by atoms with E-state index in [1.165, 1.54) is 0 Å². The first-order valence-corrected chi connectivity index (χ1v) is 6.18. The summed E-state index contributed by atoms with van der Waals surface area (Å²) in [6.07, 6.45) is 3.31. The number of alkyl carbamates (subject to hydrolysis) is 1. The fourth-order valence-corrected chi connectivity index (χ4v) is 1.85. The normalized spacial score (nSPS) is 17.9. The van der Waals surface area contributed by atoms with Gasteiger partial charge in [-0.2, -0.15) is 0 Å². The summed E-state index contributed by atoms with van der Waals surface area (Å²) in [5.74, 6) is -0.369. The Morgan fingerprint density at radius 3 is 2.56 bits per heavy atom. The molecule has 0 aromatic rings. The van der Waals surface area contributed by atoms with Crippen LogP contribution in [-0.4, -0.2) is 36.6 Å². The third-order valence-electron chi connectivity index (χ3n) is 2.81. The zero-order chi connectivity index (χ0) is 13.4. The second-order valence-corrected chi connectivity index (χ2v) is 4.38. The number of hydrogen-bond acceptors (Lipinski definition) is 5. The van der Waals surface area contributed by atoms with Crippen molar-refractivity contribution in [3.05, 3.63) is 6.92 Å². The molecular formula is C12H20NO5. The van der Waals surface area contributed by atoms with E-state index in [-0.39, 0.29) is 18.4 Å². The van der Waals surface area contributed by atoms with Crippen molar-refractivity contribution in [2.75, 3.05) is 13.3 Å². The standard InChI is InChI=1S/C12H20NO5/c1-9(14)7-13-12(16)18-8-17-11(15)10-5-3-2-4-6-10/h9-10,14H,1-8H2,(H,13,16)/t9-/m0/s1. The van der Waals surface area contributed by atoms with Crippen molar-refractivity contribution in [1.82, 2.24) is 5.32 Å². The van der Waals surface area contributed by atoms with Crippen molar-refractivity contribution in [2.45, 2.75) is 38.2 Å². The molecule has 0 bridgehead atoms. The summed E-state index contributed by atoms with van der Waals surface area (Å²) in [6, 6.07) is 0. The minimum atomic E-state index is -0.887. The molecule has 18 heavy (non-hydrogen) atoms. The Hall–Kier alpha value is -1.30. The highest BCUT2D eigenvalue weighted by atomic mass is 16.7. The largest absolute Gasteiger partial charge is 0.428 e. The van der Waals surface area contributed by atoms with Gasteiger partial charge < -0.3 is 19.9 Å². The molecule has 1 amide bonds. The molecule has 6 nitrogen and oxygen atoms in total. The van der Waals surface area contributed by atoms with E-state index >= 15 is 0 Å². The first-order valence-electron chi connectivity index (χ1n) is 6.18. The predicted molar refractivity (Wildman–Crippen MR) is 63.4 cm³/mol. The third-order valence-corrected chi connectivity index (χ3v) is 2.81. The van der Waals surface area contributed by atoms with E-state index in [4.69, 9.17) is 9.84 Å². The Morgan fingerprint density at radius 2 is 1.94 bits per heavy atom. The minimum absolute atomic E-state index is 0.00456. The van der Waals surface area contributed by atoms with Gasteiger partial charge in [0, 0.05) is 6.54 Å². The van der Waals surface area contributed by atoms with Crippen LogP contribution < -0.4 is 5.32 Å². The maximum Gasteiger partial charge on any atom is 0.410 e. The van der Waals surface area contributed by atoms with E-state index in [9.17, 15) is 9.59 Å². The molecule has 0 unspecified atom stereocenters. The Kier molecular flexibility index (Phi) is 6.49. The molecule has 0 heterocycles. The van der Waals surface area contributed by atoms with Crippen LogP contribution in [0.15, 0.2) is 0 Å². The molecule has 1 atom stereocenters. The highest BCUT2D eigenvalue weighted by molar-refractivity contribution is 5.72. The van der Waals surface area contributed by atoms with Gasteiger partial charge in [-0.05, 0) is 19.8 Å². The van der Waals surface area contributed by atoms with Crippen LogP contribution in [0.3, 0.4) is 0 Å². The van der Waals surface area contributed by atoms with Gasteiger partial charge in [0.25, 0.3) is 0 Å². The molecule has 0 spiro atoms. The van der Waals surface area contributed by atoms with Crippen LogP contribution in [0.1, 0.15) is 32.1 Å². The van der Waals surface area contributed by atoms with Crippen molar-refractivity contribution in [2.24, 2.45) is 5.92 Å². The summed E-state index contributed by atoms with van der Waals surface area (Å²) in [7, 11) is 0. The molecule has 0 aliphatic heterocycles. The molecule has 1 aliphatic rings. The van der Waals surface area contributed by atoms with E-state index in [2.05, 4.69) is 17.0 Å². The summed E-state index contributed by atoms with van der Waals surface area (Å²) in [4.78, 5) is 22.6. The molecule has 0 saturated heterocycles. The fraction of sp³-hybridized carbons (Fsp3) is 0.750. The van der Waals surface area contributed by atoms with Crippen LogP contribution in [0.4, 0.5) is 4.79 Å². The minimum Gasteiger partial charge on any atom is -0.428 e. The van der Waals surface area contributed by atoms with Gasteiger partial charge >= 0.3 is 12.1 Å². The molecule has 1 saturated carbocycles. The maximum absolute atomic E-state index is 11.6. The molecule has 2 N–H and O–H groups in total. The highest BCUT2D eigenvalue weighted by Crippen LogP contribution is 2.24. The fourth-order valence-electron chi connectivity index (χ4n) is 1.85. The van der Waals surface area contributed by atoms with E-state index < -0.39 is 19.0 Å². The Morgan fingerprint density at radius 1 is 1.28 bits per heavy atom. The Bertz CT molecular complexity index is 274. The summed E-state index contributed by atoms with van der Waals surface area (Å²) < 4.78 is 9.48. The molecule has 1 rings (SSSR count). The Labute approximate surface area is 107 Å². The summed E-state index contributed by atoms with van der Waals surface area (Å²) in [5.41, 5.74) is 0. The average molecular weight is 258 g/mol. The van der Waals surface area contributed by atoms with Crippen LogP contribution in [0.2, 0.25) is 0 Å². The summed E-state index contributed by atoms with van der Waals surface area (Å²) >= 11 is 0. The second-order valence-electron chi connectivity index (χ2n) is 4.38. The molecule has 103 valence electrons. The zero-order valence-electron chi connectivity index (χ0n) is 10.4. The number of hydrogen-bond donors (Lipinski definition) is 2.